The molecular formula is C18H22ClN3O2S. The Morgan fingerprint density at radius 2 is 1.92 bits per heavy atom. The molecule has 2 rings (SSSR count). The molecule has 1 atom stereocenters. The smallest absolute Gasteiger partial charge is 0.333 e. The molecule has 0 aliphatic carbocycles. The maximum Gasteiger partial charge on any atom is 0.333 e. The van der Waals surface area contributed by atoms with E-state index in [2.05, 4.69) is 17.9 Å². The average Bonchev–Trinajstić information content (AvgIpc) is 2.56. The SMILES string of the molecule is CCOC(=O)C(Nc1ccc(C(=N)N)cc1)c1cccc(C)c1S.Cl. The first-order chi connectivity index (χ1) is 11.4. The van der Waals surface area contributed by atoms with Crippen LogP contribution in [-0.2, 0) is 9.53 Å². The number of halogens is 1. The number of benzene rings is 2. The third kappa shape index (κ3) is 5.14. The first kappa shape index (κ1) is 20.9. The Hall–Kier alpha value is -2.18. The third-order valence-corrected chi connectivity index (χ3v) is 4.22. The summed E-state index contributed by atoms with van der Waals surface area (Å²) in [6.07, 6.45) is 0. The number of anilines is 1. The maximum atomic E-state index is 12.4. The molecule has 0 bridgehead atoms. The van der Waals surface area contributed by atoms with Gasteiger partial charge in [-0.05, 0) is 49.2 Å². The van der Waals surface area contributed by atoms with Gasteiger partial charge in [0.15, 0.2) is 6.04 Å². The van der Waals surface area contributed by atoms with Crippen molar-refractivity contribution in [1.82, 2.24) is 0 Å². The number of rotatable bonds is 6. The molecule has 0 amide bonds. The van der Waals surface area contributed by atoms with Gasteiger partial charge in [-0.2, -0.15) is 0 Å². The number of aryl methyl sites for hydroxylation is 1. The second-order valence-electron chi connectivity index (χ2n) is 5.33. The minimum Gasteiger partial charge on any atom is -0.464 e. The van der Waals surface area contributed by atoms with Crippen molar-refractivity contribution in [3.8, 4) is 0 Å². The summed E-state index contributed by atoms with van der Waals surface area (Å²) in [6.45, 7) is 4.01. The predicted molar refractivity (Wildman–Crippen MR) is 106 cm³/mol. The third-order valence-electron chi connectivity index (χ3n) is 3.61. The number of amidine groups is 1. The fraction of sp³-hybridized carbons (Fsp3) is 0.222. The van der Waals surface area contributed by atoms with E-state index in [-0.39, 0.29) is 24.2 Å². The molecule has 0 saturated heterocycles. The van der Waals surface area contributed by atoms with Crippen LogP contribution in [0.3, 0.4) is 0 Å². The summed E-state index contributed by atoms with van der Waals surface area (Å²) in [5, 5.41) is 10.6. The van der Waals surface area contributed by atoms with E-state index in [1.807, 2.05) is 25.1 Å². The molecule has 25 heavy (non-hydrogen) atoms. The van der Waals surface area contributed by atoms with E-state index in [9.17, 15) is 4.79 Å². The second kappa shape index (κ2) is 9.34. The molecule has 1 unspecified atom stereocenters. The van der Waals surface area contributed by atoms with Crippen LogP contribution >= 0.6 is 25.0 Å². The number of hydrogen-bond acceptors (Lipinski definition) is 5. The van der Waals surface area contributed by atoms with Gasteiger partial charge in [-0.25, -0.2) is 4.79 Å². The molecule has 0 aliphatic rings. The molecule has 0 spiro atoms. The van der Waals surface area contributed by atoms with Crippen LogP contribution in [0.5, 0.6) is 0 Å². The van der Waals surface area contributed by atoms with Gasteiger partial charge in [-0.3, -0.25) is 5.41 Å². The largest absolute Gasteiger partial charge is 0.464 e. The number of nitrogen functional groups attached to an aromatic ring is 1. The number of carbonyl (C=O) groups excluding carboxylic acids is 1. The highest BCUT2D eigenvalue weighted by Gasteiger charge is 2.24. The summed E-state index contributed by atoms with van der Waals surface area (Å²) < 4.78 is 5.20. The fourth-order valence-electron chi connectivity index (χ4n) is 2.32. The standard InChI is InChI=1S/C18H21N3O2S.ClH/c1-3-23-18(22)15(14-6-4-5-11(2)16(14)24)21-13-9-7-12(8-10-13)17(19)20;/h4-10,15,21,24H,3H2,1-2H3,(H3,19,20);1H. The fourth-order valence-corrected chi connectivity index (χ4v) is 2.59. The van der Waals surface area contributed by atoms with Crippen LogP contribution in [0.25, 0.3) is 0 Å². The van der Waals surface area contributed by atoms with E-state index in [0.29, 0.717) is 12.2 Å². The summed E-state index contributed by atoms with van der Waals surface area (Å²) >= 11 is 4.53. The van der Waals surface area contributed by atoms with Crippen LogP contribution in [0.1, 0.15) is 29.7 Å². The van der Waals surface area contributed by atoms with Gasteiger partial charge in [0.1, 0.15) is 5.84 Å². The van der Waals surface area contributed by atoms with Crippen molar-refractivity contribution >= 4 is 42.5 Å². The Morgan fingerprint density at radius 1 is 1.28 bits per heavy atom. The minimum atomic E-state index is -0.666. The molecule has 7 heteroatoms. The molecule has 5 nitrogen and oxygen atoms in total. The van der Waals surface area contributed by atoms with Crippen LogP contribution in [0.4, 0.5) is 5.69 Å². The number of esters is 1. The molecule has 0 heterocycles. The molecule has 4 N–H and O–H groups in total. The Labute approximate surface area is 159 Å². The Balaban J connectivity index is 0.00000312. The quantitative estimate of drug-likeness (QED) is 0.266. The van der Waals surface area contributed by atoms with Crippen LogP contribution in [0, 0.1) is 12.3 Å². The molecule has 2 aromatic rings. The zero-order valence-electron chi connectivity index (χ0n) is 14.1. The van der Waals surface area contributed by atoms with Crippen molar-refractivity contribution in [2.24, 2.45) is 5.73 Å². The van der Waals surface area contributed by atoms with Gasteiger partial charge >= 0.3 is 5.97 Å². The second-order valence-corrected chi connectivity index (χ2v) is 5.78. The van der Waals surface area contributed by atoms with Crippen LogP contribution in [-0.4, -0.2) is 18.4 Å². The lowest BCUT2D eigenvalue weighted by atomic mass is 10.0. The van der Waals surface area contributed by atoms with E-state index >= 15 is 0 Å². The maximum absolute atomic E-state index is 12.4. The normalized spacial score (nSPS) is 11.2. The highest BCUT2D eigenvalue weighted by atomic mass is 35.5. The molecule has 0 aromatic heterocycles. The number of nitrogens with one attached hydrogen (secondary N) is 2. The number of carbonyl (C=O) groups is 1. The summed E-state index contributed by atoms with van der Waals surface area (Å²) in [4.78, 5) is 13.2. The first-order valence-corrected chi connectivity index (χ1v) is 8.04. The van der Waals surface area contributed by atoms with Gasteiger partial charge in [-0.15, -0.1) is 25.0 Å². The van der Waals surface area contributed by atoms with Gasteiger partial charge in [0, 0.05) is 16.1 Å². The van der Waals surface area contributed by atoms with Crippen molar-refractivity contribution in [3.63, 3.8) is 0 Å². The molecule has 0 saturated carbocycles. The molecule has 134 valence electrons. The number of nitrogens with two attached hydrogens (primary N) is 1. The van der Waals surface area contributed by atoms with Crippen LogP contribution in [0.15, 0.2) is 47.4 Å². The molecule has 2 aromatic carbocycles. The summed E-state index contributed by atoms with van der Waals surface area (Å²) in [6, 6.07) is 12.0. The van der Waals surface area contributed by atoms with Gasteiger partial charge in [0.2, 0.25) is 0 Å². The highest BCUT2D eigenvalue weighted by Crippen LogP contribution is 2.28. The van der Waals surface area contributed by atoms with E-state index in [0.717, 1.165) is 21.7 Å². The van der Waals surface area contributed by atoms with Gasteiger partial charge in [-0.1, -0.05) is 18.2 Å². The first-order valence-electron chi connectivity index (χ1n) is 7.60. The van der Waals surface area contributed by atoms with Gasteiger partial charge in [0.05, 0.1) is 6.61 Å². The molecule has 0 fully saturated rings. The zero-order valence-corrected chi connectivity index (χ0v) is 15.8. The lowest BCUT2D eigenvalue weighted by Crippen LogP contribution is -2.24. The van der Waals surface area contributed by atoms with Crippen LogP contribution in [0.2, 0.25) is 0 Å². The topological polar surface area (TPSA) is 88.2 Å². The highest BCUT2D eigenvalue weighted by molar-refractivity contribution is 7.80. The average molecular weight is 380 g/mol. The van der Waals surface area contributed by atoms with Gasteiger partial charge in [0.25, 0.3) is 0 Å². The van der Waals surface area contributed by atoms with Crippen molar-refractivity contribution in [2.45, 2.75) is 24.8 Å². The van der Waals surface area contributed by atoms with E-state index in [1.165, 1.54) is 0 Å². The number of ether oxygens (including phenoxy) is 1. The summed E-state index contributed by atoms with van der Waals surface area (Å²) in [5.41, 5.74) is 8.55. The van der Waals surface area contributed by atoms with E-state index < -0.39 is 6.04 Å². The zero-order chi connectivity index (χ0) is 17.7. The molecular weight excluding hydrogens is 358 g/mol. The van der Waals surface area contributed by atoms with Crippen molar-refractivity contribution in [1.29, 1.82) is 5.41 Å². The van der Waals surface area contributed by atoms with Gasteiger partial charge < -0.3 is 15.8 Å². The lowest BCUT2D eigenvalue weighted by Gasteiger charge is -2.21. The predicted octanol–water partition coefficient (Wildman–Crippen LogP) is 3.71. The Bertz CT molecular complexity index is 750. The van der Waals surface area contributed by atoms with E-state index in [1.54, 1.807) is 31.2 Å². The van der Waals surface area contributed by atoms with Crippen molar-refractivity contribution in [3.05, 3.63) is 59.2 Å². The Morgan fingerprint density at radius 3 is 2.48 bits per heavy atom. The Kier molecular flexibility index (Phi) is 7.80. The number of thiol groups is 1. The summed E-state index contributed by atoms with van der Waals surface area (Å²) in [7, 11) is 0. The minimum absolute atomic E-state index is 0. The lowest BCUT2D eigenvalue weighted by molar-refractivity contribution is -0.144. The monoisotopic (exact) mass is 379 g/mol. The van der Waals surface area contributed by atoms with Crippen molar-refractivity contribution in [2.75, 3.05) is 11.9 Å². The van der Waals surface area contributed by atoms with E-state index in [4.69, 9.17) is 15.9 Å². The number of hydrogen-bond donors (Lipinski definition) is 4. The summed E-state index contributed by atoms with van der Waals surface area (Å²) in [5.74, 6) is -0.367. The van der Waals surface area contributed by atoms with Crippen LogP contribution < -0.4 is 11.1 Å². The molecule has 0 aliphatic heterocycles. The molecule has 0 radical (unpaired) electrons. The van der Waals surface area contributed by atoms with Crippen molar-refractivity contribution < 1.29 is 9.53 Å².